The van der Waals surface area contributed by atoms with Crippen LogP contribution >= 0.6 is 0 Å². The Morgan fingerprint density at radius 3 is 2.62 bits per heavy atom. The molecule has 24 heavy (non-hydrogen) atoms. The van der Waals surface area contributed by atoms with Gasteiger partial charge >= 0.3 is 0 Å². The second-order valence-corrected chi connectivity index (χ2v) is 6.23. The average Bonchev–Trinajstić information content (AvgIpc) is 3.07. The molecular weight excluding hydrogens is 303 g/mol. The molecule has 1 aromatic heterocycles. The summed E-state index contributed by atoms with van der Waals surface area (Å²) in [7, 11) is 0. The average molecular weight is 322 g/mol. The van der Waals surface area contributed by atoms with Crippen molar-refractivity contribution in [2.45, 2.75) is 25.4 Å². The molecule has 2 aromatic carbocycles. The number of likely N-dealkylation sites (tertiary alicyclic amines) is 1. The summed E-state index contributed by atoms with van der Waals surface area (Å²) in [6, 6.07) is 17.6. The summed E-state index contributed by atoms with van der Waals surface area (Å²) in [5, 5.41) is 0. The SMILES string of the molecule is Fc1ccccc1-c1nc(CN2CCC2Cc2ccccc2)co1. The first-order chi connectivity index (χ1) is 11.8. The van der Waals surface area contributed by atoms with Crippen LogP contribution in [0.25, 0.3) is 11.5 Å². The van der Waals surface area contributed by atoms with Crippen molar-refractivity contribution >= 4 is 0 Å². The van der Waals surface area contributed by atoms with Crippen LogP contribution in [-0.4, -0.2) is 22.5 Å². The molecule has 1 fully saturated rings. The van der Waals surface area contributed by atoms with Gasteiger partial charge in [0.05, 0.1) is 11.3 Å². The highest BCUT2D eigenvalue weighted by Crippen LogP contribution is 2.26. The van der Waals surface area contributed by atoms with Crippen LogP contribution in [-0.2, 0) is 13.0 Å². The van der Waals surface area contributed by atoms with Crippen molar-refractivity contribution in [2.24, 2.45) is 0 Å². The van der Waals surface area contributed by atoms with Gasteiger partial charge in [-0.1, -0.05) is 42.5 Å². The molecule has 4 heteroatoms. The highest BCUT2D eigenvalue weighted by atomic mass is 19.1. The largest absolute Gasteiger partial charge is 0.444 e. The van der Waals surface area contributed by atoms with E-state index in [9.17, 15) is 4.39 Å². The fraction of sp³-hybridized carbons (Fsp3) is 0.250. The fourth-order valence-corrected chi connectivity index (χ4v) is 3.17. The van der Waals surface area contributed by atoms with E-state index in [2.05, 4.69) is 34.1 Å². The summed E-state index contributed by atoms with van der Waals surface area (Å²) in [6.07, 6.45) is 3.89. The summed E-state index contributed by atoms with van der Waals surface area (Å²) >= 11 is 0. The molecule has 3 nitrogen and oxygen atoms in total. The molecule has 122 valence electrons. The number of rotatable bonds is 5. The first kappa shape index (κ1) is 15.1. The first-order valence-corrected chi connectivity index (χ1v) is 8.27. The van der Waals surface area contributed by atoms with E-state index in [1.54, 1.807) is 24.5 Å². The Hall–Kier alpha value is -2.46. The summed E-state index contributed by atoms with van der Waals surface area (Å²) in [6.45, 7) is 1.81. The predicted octanol–water partition coefficient (Wildman–Crippen LogP) is 4.30. The fourth-order valence-electron chi connectivity index (χ4n) is 3.17. The van der Waals surface area contributed by atoms with Crippen molar-refractivity contribution in [3.8, 4) is 11.5 Å². The molecular formula is C20H19FN2O. The molecule has 2 heterocycles. The monoisotopic (exact) mass is 322 g/mol. The maximum absolute atomic E-state index is 13.8. The summed E-state index contributed by atoms with van der Waals surface area (Å²) in [5.74, 6) is 0.0417. The predicted molar refractivity (Wildman–Crippen MR) is 90.9 cm³/mol. The Bertz CT molecular complexity index is 815. The van der Waals surface area contributed by atoms with Gasteiger partial charge in [0.25, 0.3) is 0 Å². The van der Waals surface area contributed by atoms with Crippen molar-refractivity contribution in [2.75, 3.05) is 6.54 Å². The van der Waals surface area contributed by atoms with Crippen LogP contribution in [0.5, 0.6) is 0 Å². The molecule has 0 amide bonds. The van der Waals surface area contributed by atoms with Gasteiger partial charge in [-0.25, -0.2) is 9.37 Å². The zero-order chi connectivity index (χ0) is 16.4. The zero-order valence-corrected chi connectivity index (χ0v) is 13.4. The molecule has 0 aliphatic carbocycles. The third-order valence-electron chi connectivity index (χ3n) is 4.60. The van der Waals surface area contributed by atoms with Crippen molar-refractivity contribution in [3.63, 3.8) is 0 Å². The van der Waals surface area contributed by atoms with E-state index in [0.29, 0.717) is 17.5 Å². The summed E-state index contributed by atoms with van der Waals surface area (Å²) in [5.41, 5.74) is 2.62. The van der Waals surface area contributed by atoms with E-state index in [0.717, 1.165) is 25.2 Å². The Balaban J connectivity index is 1.42. The minimum Gasteiger partial charge on any atom is -0.444 e. The number of aromatic nitrogens is 1. The van der Waals surface area contributed by atoms with Crippen molar-refractivity contribution < 1.29 is 8.81 Å². The Morgan fingerprint density at radius 2 is 1.88 bits per heavy atom. The second kappa shape index (κ2) is 6.57. The van der Waals surface area contributed by atoms with Crippen LogP contribution < -0.4 is 0 Å². The third-order valence-corrected chi connectivity index (χ3v) is 4.60. The van der Waals surface area contributed by atoms with Crippen LogP contribution in [0.3, 0.4) is 0 Å². The van der Waals surface area contributed by atoms with Gasteiger partial charge in [-0.2, -0.15) is 0 Å². The van der Waals surface area contributed by atoms with Gasteiger partial charge in [-0.05, 0) is 30.5 Å². The Labute approximate surface area is 140 Å². The van der Waals surface area contributed by atoms with Crippen LogP contribution in [0.4, 0.5) is 4.39 Å². The summed E-state index contributed by atoms with van der Waals surface area (Å²) in [4.78, 5) is 6.86. The molecule has 0 N–H and O–H groups in total. The maximum Gasteiger partial charge on any atom is 0.229 e. The molecule has 1 aliphatic heterocycles. The number of nitrogens with zero attached hydrogens (tertiary/aromatic N) is 2. The lowest BCUT2D eigenvalue weighted by Crippen LogP contribution is -2.48. The molecule has 4 rings (SSSR count). The lowest BCUT2D eigenvalue weighted by Gasteiger charge is -2.40. The van der Waals surface area contributed by atoms with E-state index < -0.39 is 0 Å². The topological polar surface area (TPSA) is 29.3 Å². The molecule has 0 spiro atoms. The lowest BCUT2D eigenvalue weighted by molar-refractivity contribution is 0.0806. The smallest absolute Gasteiger partial charge is 0.229 e. The van der Waals surface area contributed by atoms with Crippen molar-refractivity contribution in [1.29, 1.82) is 0 Å². The number of halogens is 1. The second-order valence-electron chi connectivity index (χ2n) is 6.23. The molecule has 0 saturated carbocycles. The zero-order valence-electron chi connectivity index (χ0n) is 13.4. The lowest BCUT2D eigenvalue weighted by atomic mass is 9.95. The van der Waals surface area contributed by atoms with Crippen LogP contribution in [0.2, 0.25) is 0 Å². The Kier molecular flexibility index (Phi) is 4.13. The van der Waals surface area contributed by atoms with E-state index in [-0.39, 0.29) is 5.82 Å². The number of oxazole rings is 1. The van der Waals surface area contributed by atoms with Gasteiger partial charge in [0.15, 0.2) is 0 Å². The molecule has 1 atom stereocenters. The van der Waals surface area contributed by atoms with Gasteiger partial charge in [0, 0.05) is 19.1 Å². The molecule has 1 saturated heterocycles. The van der Waals surface area contributed by atoms with Crippen LogP contribution in [0.15, 0.2) is 65.3 Å². The Morgan fingerprint density at radius 1 is 1.08 bits per heavy atom. The van der Waals surface area contributed by atoms with Gasteiger partial charge in [-0.3, -0.25) is 4.90 Å². The molecule has 0 radical (unpaired) electrons. The normalized spacial score (nSPS) is 17.6. The quantitative estimate of drug-likeness (QED) is 0.701. The highest BCUT2D eigenvalue weighted by molar-refractivity contribution is 5.53. The third kappa shape index (κ3) is 3.10. The standard InChI is InChI=1S/C20H19FN2O/c21-19-9-5-4-8-18(19)20-22-16(14-24-20)13-23-11-10-17(23)12-15-6-2-1-3-7-15/h1-9,14,17H,10-13H2. The van der Waals surface area contributed by atoms with Gasteiger partial charge < -0.3 is 4.42 Å². The van der Waals surface area contributed by atoms with E-state index in [1.807, 2.05) is 6.07 Å². The van der Waals surface area contributed by atoms with Crippen molar-refractivity contribution in [3.05, 3.63) is 77.9 Å². The van der Waals surface area contributed by atoms with Crippen LogP contribution in [0.1, 0.15) is 17.7 Å². The maximum atomic E-state index is 13.8. The minimum atomic E-state index is -0.309. The van der Waals surface area contributed by atoms with E-state index >= 15 is 0 Å². The molecule has 3 aromatic rings. The van der Waals surface area contributed by atoms with E-state index in [4.69, 9.17) is 4.42 Å². The number of hydrogen-bond acceptors (Lipinski definition) is 3. The number of hydrogen-bond donors (Lipinski definition) is 0. The highest BCUT2D eigenvalue weighted by Gasteiger charge is 2.28. The molecule has 1 unspecified atom stereocenters. The van der Waals surface area contributed by atoms with Crippen molar-refractivity contribution in [1.82, 2.24) is 9.88 Å². The molecule has 0 bridgehead atoms. The van der Waals surface area contributed by atoms with Gasteiger partial charge in [0.2, 0.25) is 5.89 Å². The van der Waals surface area contributed by atoms with Gasteiger partial charge in [0.1, 0.15) is 12.1 Å². The number of benzene rings is 2. The first-order valence-electron chi connectivity index (χ1n) is 8.27. The van der Waals surface area contributed by atoms with Gasteiger partial charge in [-0.15, -0.1) is 0 Å². The van der Waals surface area contributed by atoms with E-state index in [1.165, 1.54) is 18.1 Å². The summed E-state index contributed by atoms with van der Waals surface area (Å²) < 4.78 is 19.3. The van der Waals surface area contributed by atoms with Crippen LogP contribution in [0, 0.1) is 5.82 Å². The molecule has 1 aliphatic rings. The minimum absolute atomic E-state index is 0.309.